The Kier molecular flexibility index (Phi) is 29.5. The van der Waals surface area contributed by atoms with E-state index in [0.717, 1.165) is 143 Å². The summed E-state index contributed by atoms with van der Waals surface area (Å²) in [7, 11) is -36.5. The molecule has 32 nitrogen and oxygen atoms in total. The topological polar surface area (TPSA) is 679 Å². The van der Waals surface area contributed by atoms with E-state index in [4.69, 9.17) is 0 Å². The van der Waals surface area contributed by atoms with Gasteiger partial charge in [0.15, 0.2) is 0 Å². The molecule has 130 heavy (non-hydrogen) atoms. The molecule has 16 aromatic rings. The van der Waals surface area contributed by atoms with E-state index in [9.17, 15) is 104 Å². The molecule has 0 amide bonds. The molecule has 0 heterocycles. The minimum atomic E-state index is -4.56. The Labute approximate surface area is 747 Å². The van der Waals surface area contributed by atoms with Gasteiger partial charge in [-0.3, -0.25) is 0 Å². The maximum Gasteiger partial charge on any atom is 0.127 e. The molecule has 0 saturated heterocycles. The fourth-order valence-electron chi connectivity index (χ4n) is 14.1. The quantitative estimate of drug-likeness (QED) is 0.0423. The summed E-state index contributed by atoms with van der Waals surface area (Å²) in [6.45, 7) is 0. The van der Waals surface area contributed by atoms with Crippen LogP contribution in [-0.2, 0) is 91.8 Å². The molecule has 0 aliphatic carbocycles. The van der Waals surface area contributed by atoms with Gasteiger partial charge in [-0.1, -0.05) is 146 Å². The van der Waals surface area contributed by atoms with Crippen molar-refractivity contribution in [3.05, 3.63) is 384 Å². The molecule has 0 aliphatic heterocycles. The zero-order valence-electron chi connectivity index (χ0n) is 68.1. The van der Waals surface area contributed by atoms with E-state index in [-0.39, 0.29) is 0 Å². The second-order valence-electron chi connectivity index (χ2n) is 29.4. The molecule has 0 saturated carbocycles. The van der Waals surface area contributed by atoms with Gasteiger partial charge in [0.2, 0.25) is 0 Å². The zero-order valence-corrected chi connectivity index (χ0v) is 74.6. The summed E-state index contributed by atoms with van der Waals surface area (Å²) in [6.07, 6.45) is 0. The van der Waals surface area contributed by atoms with E-state index < -0.39 is 131 Å². The van der Waals surface area contributed by atoms with E-state index in [2.05, 4.69) is 240 Å². The zero-order chi connectivity index (χ0) is 95.1. The summed E-state index contributed by atoms with van der Waals surface area (Å²) in [6, 6.07) is 95.7. The van der Waals surface area contributed by atoms with Crippen LogP contribution in [0.5, 0.6) is 0 Å². The van der Waals surface area contributed by atoms with E-state index in [1.165, 1.54) is 93.0 Å². The molecule has 0 aromatic heterocycles. The lowest BCUT2D eigenvalue weighted by Crippen LogP contribution is -2.41. The summed E-state index contributed by atoms with van der Waals surface area (Å²) < 4.78 is 259. The van der Waals surface area contributed by atoms with Gasteiger partial charge in [-0.25, -0.2) is 67.3 Å². The first-order valence-electron chi connectivity index (χ1n) is 37.9. The van der Waals surface area contributed by atoms with Crippen molar-refractivity contribution in [2.24, 2.45) is 0 Å². The minimum Gasteiger partial charge on any atom is -0.744 e. The van der Waals surface area contributed by atoms with Gasteiger partial charge >= 0.3 is 0 Å². The summed E-state index contributed by atoms with van der Waals surface area (Å²) >= 11 is 0. The van der Waals surface area contributed by atoms with Crippen LogP contribution >= 0.6 is 0 Å². The second kappa shape index (κ2) is 39.1. The van der Waals surface area contributed by atoms with E-state index in [1.807, 2.05) is 0 Å². The largest absolute Gasteiger partial charge is 0.744 e. The van der Waals surface area contributed by atoms with Gasteiger partial charge in [0.25, 0.3) is 0 Å². The third-order valence-electron chi connectivity index (χ3n) is 20.5. The fourth-order valence-corrected chi connectivity index (χ4v) is 18.1. The number of benzene rings is 16. The molecule has 24 N–H and O–H groups in total. The molecule has 0 bridgehead atoms. The molecule has 0 spiro atoms. The summed E-state index contributed by atoms with van der Waals surface area (Å²) in [4.78, 5) is -3.28. The van der Waals surface area contributed by atoms with Crippen molar-refractivity contribution in [2.45, 2.75) is 50.0 Å². The van der Waals surface area contributed by atoms with Crippen LogP contribution in [0, 0.1) is 0 Å². The number of rotatable bonds is 16. The first kappa shape index (κ1) is 98.1. The molecule has 16 aromatic carbocycles. The highest BCUT2D eigenvalue weighted by atomic mass is 32.2. The standard InChI is InChI=1S/2C25H24N4.4C10H8O6S2/c2*26-21-9-1-17(2-10-21)25(18-3-11-22(27)12-4-18,19-5-13-23(28)14-6-19)20-7-15-24(29)16-8-20;4*11-17(12,13)9-3-1-7-5-10(18(14,15)16)4-2-8(7)6-9/h2*1-16H,26-29H2;4*1-6H,(H,11,12,13)(H,14,15,16). The van der Waals surface area contributed by atoms with E-state index in [1.54, 1.807) is 0 Å². The predicted octanol–water partition coefficient (Wildman–Crippen LogP) is 5.72. The first-order valence-corrected chi connectivity index (χ1v) is 49.2. The maximum absolute atomic E-state index is 10.8. The predicted molar refractivity (Wildman–Crippen MR) is 469 cm³/mol. The van der Waals surface area contributed by atoms with Crippen molar-refractivity contribution < 1.29 is 150 Å². The maximum atomic E-state index is 10.8. The van der Waals surface area contributed by atoms with Crippen LogP contribution in [0.1, 0.15) is 44.5 Å². The Hall–Kier alpha value is -12.5. The Morgan fingerprint density at radius 2 is 0.223 bits per heavy atom. The lowest BCUT2D eigenvalue weighted by molar-refractivity contribution is -0.255. The smallest absolute Gasteiger partial charge is 0.127 e. The lowest BCUT2D eigenvalue weighted by Gasteiger charge is -2.36. The molecular weight excluding hydrogens is 1830 g/mol. The van der Waals surface area contributed by atoms with Crippen molar-refractivity contribution in [3.63, 3.8) is 0 Å². The fraction of sp³-hybridized carbons (Fsp3) is 0.0222. The van der Waals surface area contributed by atoms with E-state index in [0.29, 0.717) is 43.1 Å². The number of quaternary nitrogens is 8. The minimum absolute atomic E-state index is 0.360. The Morgan fingerprint density at radius 3 is 0.300 bits per heavy atom. The van der Waals surface area contributed by atoms with Gasteiger partial charge in [-0.2, -0.15) is 0 Å². The molecule has 40 heteroatoms. The van der Waals surface area contributed by atoms with Gasteiger partial charge in [-0.15, -0.1) is 0 Å². The Balaban J connectivity index is 0.000000153. The average Bonchev–Trinajstić information content (AvgIpc) is 0.734. The molecule has 0 aliphatic rings. The summed E-state index contributed by atoms with van der Waals surface area (Å²) in [5, 5.41) is 2.88. The van der Waals surface area contributed by atoms with Crippen LogP contribution in [0.4, 0.5) is 45.5 Å². The normalized spacial score (nSPS) is 12.2. The molecule has 0 radical (unpaired) electrons. The molecule has 672 valence electrons. The highest BCUT2D eigenvalue weighted by molar-refractivity contribution is 7.87. The lowest BCUT2D eigenvalue weighted by atomic mass is 9.65. The number of hydrogen-bond acceptors (Lipinski definition) is 24. The number of fused-ring (bicyclic) bond motifs is 4. The van der Waals surface area contributed by atoms with E-state index >= 15 is 0 Å². The molecule has 0 atom stereocenters. The summed E-state index contributed by atoms with van der Waals surface area (Å²) in [5.74, 6) is 0. The monoisotopic (exact) mass is 1910 g/mol. The Bertz CT molecular complexity index is 6530. The third-order valence-corrected chi connectivity index (χ3v) is 27.2. The third kappa shape index (κ3) is 23.9. The molecule has 0 unspecified atom stereocenters. The molecule has 0 fully saturated rings. The summed E-state index contributed by atoms with van der Waals surface area (Å²) in [5.41, 5.74) is 49.1. The SMILES string of the molecule is O=S(=O)([O-])c1ccc2cc(S(=O)(=O)[O-])ccc2c1.O=S(=O)([O-])c1ccc2cc(S(=O)(=O)[O-])ccc2c1.O=S(=O)([O-])c1ccc2cc(S(=O)(=O)[O-])ccc2c1.O=S(=O)([O-])c1ccc2cc(S(=O)(=O)[O-])ccc2c1.[NH3+]c1ccc(C(c2ccc([NH3+])cc2)(c2ccc([NH3+])cc2)c2ccc([NH3+])cc2)cc1.[NH3+]c1ccc(C(c2ccc([NH3+])cc2)(c2ccc([NH3+])cc2)c2ccc([NH3+])cc2)cc1. The van der Waals surface area contributed by atoms with Crippen LogP contribution in [0.3, 0.4) is 0 Å². The van der Waals surface area contributed by atoms with Crippen LogP contribution in [0.2, 0.25) is 0 Å². The molecular formula is C90H80N8O24S8. The van der Waals surface area contributed by atoms with Crippen molar-refractivity contribution in [3.8, 4) is 0 Å². The van der Waals surface area contributed by atoms with Crippen LogP contribution in [-0.4, -0.2) is 104 Å². The van der Waals surface area contributed by atoms with Crippen molar-refractivity contribution >= 4 is 170 Å². The van der Waals surface area contributed by atoms with Crippen LogP contribution in [0.15, 0.2) is 379 Å². The number of hydrogen-bond donors (Lipinski definition) is 8. The highest BCUT2D eigenvalue weighted by Crippen LogP contribution is 2.48. The second-order valence-corrected chi connectivity index (χ2v) is 40.4. The van der Waals surface area contributed by atoms with Gasteiger partial charge in [-0.05, 0) is 282 Å². The van der Waals surface area contributed by atoms with Crippen LogP contribution in [0.25, 0.3) is 43.1 Å². The van der Waals surface area contributed by atoms with Crippen molar-refractivity contribution in [1.29, 1.82) is 0 Å². The van der Waals surface area contributed by atoms with Gasteiger partial charge in [0.1, 0.15) is 126 Å². The average molecular weight is 1910 g/mol. The van der Waals surface area contributed by atoms with Gasteiger partial charge in [0, 0.05) is 0 Å². The van der Waals surface area contributed by atoms with Crippen LogP contribution < -0.4 is 45.9 Å². The van der Waals surface area contributed by atoms with Crippen molar-refractivity contribution in [2.75, 3.05) is 0 Å². The van der Waals surface area contributed by atoms with Crippen molar-refractivity contribution in [1.82, 2.24) is 0 Å². The van der Waals surface area contributed by atoms with Gasteiger partial charge < -0.3 is 82.3 Å². The first-order chi connectivity index (χ1) is 60.7. The highest BCUT2D eigenvalue weighted by Gasteiger charge is 2.40. The molecule has 16 rings (SSSR count). The van der Waals surface area contributed by atoms with Gasteiger partial charge in [0.05, 0.1) is 50.0 Å². The Morgan fingerprint density at radius 1 is 0.138 bits per heavy atom.